The number of halogens is 1. The highest BCUT2D eigenvalue weighted by Crippen LogP contribution is 2.42. The molecule has 3 rings (SSSR count). The molecule has 0 saturated heterocycles. The Morgan fingerprint density at radius 2 is 2.22 bits per heavy atom. The SMILES string of the molecule is CCN(c1cc2c(cc1Br)C(O)C(=O)N2)C1CC1. The molecule has 0 radical (unpaired) electrons. The molecule has 1 atom stereocenters. The number of rotatable bonds is 3. The first-order valence-electron chi connectivity index (χ1n) is 6.20. The van der Waals surface area contributed by atoms with E-state index < -0.39 is 6.10 Å². The molecular formula is C13H15BrN2O2. The summed E-state index contributed by atoms with van der Waals surface area (Å²) in [6.07, 6.45) is 1.42. The molecule has 2 aliphatic rings. The van der Waals surface area contributed by atoms with Crippen LogP contribution < -0.4 is 10.2 Å². The highest BCUT2D eigenvalue weighted by molar-refractivity contribution is 9.10. The zero-order valence-electron chi connectivity index (χ0n) is 10.1. The molecule has 1 heterocycles. The zero-order chi connectivity index (χ0) is 12.9. The number of carbonyl (C=O) groups excluding carboxylic acids is 1. The summed E-state index contributed by atoms with van der Waals surface area (Å²) in [6, 6.07) is 4.42. The van der Waals surface area contributed by atoms with Gasteiger partial charge in [-0.1, -0.05) is 0 Å². The second-order valence-electron chi connectivity index (χ2n) is 4.80. The standard InChI is InChI=1S/C13H15BrN2O2/c1-2-16(7-3-4-7)11-6-10-8(5-9(11)14)12(17)13(18)15-10/h5-7,12,17H,2-4H2,1H3,(H,15,18). The number of amides is 1. The summed E-state index contributed by atoms with van der Waals surface area (Å²) in [5.74, 6) is -0.344. The summed E-state index contributed by atoms with van der Waals surface area (Å²) in [5, 5.41) is 12.5. The molecule has 4 nitrogen and oxygen atoms in total. The Kier molecular flexibility index (Phi) is 2.83. The molecule has 1 aromatic carbocycles. The Balaban J connectivity index is 2.02. The number of carbonyl (C=O) groups is 1. The van der Waals surface area contributed by atoms with Crippen LogP contribution in [0, 0.1) is 0 Å². The van der Waals surface area contributed by atoms with E-state index in [0.717, 1.165) is 22.4 Å². The van der Waals surface area contributed by atoms with Crippen molar-refractivity contribution in [1.29, 1.82) is 0 Å². The van der Waals surface area contributed by atoms with E-state index in [-0.39, 0.29) is 5.91 Å². The molecule has 2 N–H and O–H groups in total. The smallest absolute Gasteiger partial charge is 0.257 e. The lowest BCUT2D eigenvalue weighted by atomic mass is 10.1. The van der Waals surface area contributed by atoms with Crippen LogP contribution in [0.25, 0.3) is 0 Å². The summed E-state index contributed by atoms with van der Waals surface area (Å²) in [7, 11) is 0. The fourth-order valence-corrected chi connectivity index (χ4v) is 3.07. The molecule has 0 bridgehead atoms. The van der Waals surface area contributed by atoms with Crippen molar-refractivity contribution in [3.05, 3.63) is 22.2 Å². The van der Waals surface area contributed by atoms with E-state index in [1.807, 2.05) is 12.1 Å². The summed E-state index contributed by atoms with van der Waals surface area (Å²) in [5.41, 5.74) is 2.47. The van der Waals surface area contributed by atoms with Crippen molar-refractivity contribution in [3.63, 3.8) is 0 Å². The van der Waals surface area contributed by atoms with Crippen molar-refractivity contribution >= 4 is 33.2 Å². The number of fused-ring (bicyclic) bond motifs is 1. The predicted molar refractivity (Wildman–Crippen MR) is 73.8 cm³/mol. The first kappa shape index (κ1) is 12.0. The summed E-state index contributed by atoms with van der Waals surface area (Å²) in [4.78, 5) is 13.8. The maximum atomic E-state index is 11.4. The van der Waals surface area contributed by atoms with E-state index in [1.165, 1.54) is 12.8 Å². The van der Waals surface area contributed by atoms with Crippen LogP contribution in [0.1, 0.15) is 31.4 Å². The van der Waals surface area contributed by atoms with Gasteiger partial charge in [-0.15, -0.1) is 0 Å². The van der Waals surface area contributed by atoms with Gasteiger partial charge >= 0.3 is 0 Å². The molecule has 1 saturated carbocycles. The maximum Gasteiger partial charge on any atom is 0.257 e. The molecule has 1 unspecified atom stereocenters. The molecule has 1 amide bonds. The molecule has 1 aromatic rings. The largest absolute Gasteiger partial charge is 0.378 e. The highest BCUT2D eigenvalue weighted by atomic mass is 79.9. The Morgan fingerprint density at radius 3 is 2.83 bits per heavy atom. The van der Waals surface area contributed by atoms with Gasteiger partial charge in [-0.05, 0) is 47.8 Å². The topological polar surface area (TPSA) is 52.6 Å². The van der Waals surface area contributed by atoms with Gasteiger partial charge in [0, 0.05) is 28.3 Å². The van der Waals surface area contributed by atoms with Crippen LogP contribution in [0.5, 0.6) is 0 Å². The number of nitrogens with one attached hydrogen (secondary N) is 1. The van der Waals surface area contributed by atoms with E-state index >= 15 is 0 Å². The van der Waals surface area contributed by atoms with Crippen LogP contribution in [-0.2, 0) is 4.79 Å². The predicted octanol–water partition coefficient (Wildman–Crippen LogP) is 2.42. The normalized spacial score (nSPS) is 21.7. The van der Waals surface area contributed by atoms with Crippen LogP contribution >= 0.6 is 15.9 Å². The Morgan fingerprint density at radius 1 is 1.50 bits per heavy atom. The van der Waals surface area contributed by atoms with Crippen LogP contribution in [-0.4, -0.2) is 23.6 Å². The van der Waals surface area contributed by atoms with Crippen LogP contribution in [0.3, 0.4) is 0 Å². The minimum Gasteiger partial charge on any atom is -0.378 e. The fourth-order valence-electron chi connectivity index (χ4n) is 2.49. The first-order chi connectivity index (χ1) is 8.61. The molecule has 1 aliphatic heterocycles. The van der Waals surface area contributed by atoms with Gasteiger partial charge in [-0.2, -0.15) is 0 Å². The molecule has 5 heteroatoms. The molecule has 1 fully saturated rings. The van der Waals surface area contributed by atoms with Gasteiger partial charge in [0.25, 0.3) is 5.91 Å². The minimum atomic E-state index is -1.04. The minimum absolute atomic E-state index is 0.344. The zero-order valence-corrected chi connectivity index (χ0v) is 11.7. The molecule has 18 heavy (non-hydrogen) atoms. The van der Waals surface area contributed by atoms with Crippen molar-refractivity contribution < 1.29 is 9.90 Å². The quantitative estimate of drug-likeness (QED) is 0.901. The van der Waals surface area contributed by atoms with Crippen LogP contribution in [0.2, 0.25) is 0 Å². The lowest BCUT2D eigenvalue weighted by molar-refractivity contribution is -0.123. The van der Waals surface area contributed by atoms with Crippen molar-refractivity contribution in [2.75, 3.05) is 16.8 Å². The summed E-state index contributed by atoms with van der Waals surface area (Å²) < 4.78 is 0.936. The van der Waals surface area contributed by atoms with Gasteiger partial charge < -0.3 is 15.3 Å². The third kappa shape index (κ3) is 1.82. The number of hydrogen-bond donors (Lipinski definition) is 2. The summed E-state index contributed by atoms with van der Waals surface area (Å²) in [6.45, 7) is 3.07. The third-order valence-corrected chi connectivity index (χ3v) is 4.19. The molecule has 0 spiro atoms. The van der Waals surface area contributed by atoms with E-state index in [4.69, 9.17) is 0 Å². The van der Waals surface area contributed by atoms with Gasteiger partial charge in [0.15, 0.2) is 6.10 Å². The van der Waals surface area contributed by atoms with Crippen molar-refractivity contribution in [3.8, 4) is 0 Å². The van der Waals surface area contributed by atoms with Crippen LogP contribution in [0.4, 0.5) is 11.4 Å². The number of benzene rings is 1. The van der Waals surface area contributed by atoms with E-state index in [2.05, 4.69) is 33.1 Å². The number of nitrogens with zero attached hydrogens (tertiary/aromatic N) is 1. The fraction of sp³-hybridized carbons (Fsp3) is 0.462. The maximum absolute atomic E-state index is 11.4. The van der Waals surface area contributed by atoms with Crippen molar-refractivity contribution in [1.82, 2.24) is 0 Å². The van der Waals surface area contributed by atoms with Crippen molar-refractivity contribution in [2.24, 2.45) is 0 Å². The number of aliphatic hydroxyl groups is 1. The molecular weight excluding hydrogens is 296 g/mol. The van der Waals surface area contributed by atoms with Crippen molar-refractivity contribution in [2.45, 2.75) is 31.9 Å². The number of hydrogen-bond acceptors (Lipinski definition) is 3. The number of anilines is 2. The second-order valence-corrected chi connectivity index (χ2v) is 5.65. The Labute approximate surface area is 114 Å². The highest BCUT2D eigenvalue weighted by Gasteiger charge is 2.33. The molecule has 96 valence electrons. The monoisotopic (exact) mass is 310 g/mol. The average Bonchev–Trinajstić information content (AvgIpc) is 3.13. The lowest BCUT2D eigenvalue weighted by Crippen LogP contribution is -2.25. The van der Waals surface area contributed by atoms with E-state index in [9.17, 15) is 9.90 Å². The Hall–Kier alpha value is -1.07. The molecule has 0 aromatic heterocycles. The Bertz CT molecular complexity index is 514. The van der Waals surface area contributed by atoms with Gasteiger partial charge in [0.05, 0.1) is 5.69 Å². The second kappa shape index (κ2) is 4.24. The average molecular weight is 311 g/mol. The third-order valence-electron chi connectivity index (χ3n) is 3.56. The summed E-state index contributed by atoms with van der Waals surface area (Å²) >= 11 is 3.54. The first-order valence-corrected chi connectivity index (χ1v) is 7.00. The lowest BCUT2D eigenvalue weighted by Gasteiger charge is -2.25. The van der Waals surface area contributed by atoms with E-state index in [0.29, 0.717) is 11.6 Å². The van der Waals surface area contributed by atoms with E-state index in [1.54, 1.807) is 0 Å². The van der Waals surface area contributed by atoms with Gasteiger partial charge in [-0.25, -0.2) is 0 Å². The van der Waals surface area contributed by atoms with Crippen LogP contribution in [0.15, 0.2) is 16.6 Å². The van der Waals surface area contributed by atoms with Gasteiger partial charge in [0.2, 0.25) is 0 Å². The number of aliphatic hydroxyl groups excluding tert-OH is 1. The van der Waals surface area contributed by atoms with Gasteiger partial charge in [-0.3, -0.25) is 4.79 Å². The molecule has 1 aliphatic carbocycles. The van der Waals surface area contributed by atoms with Gasteiger partial charge in [0.1, 0.15) is 0 Å².